The largest absolute Gasteiger partial charge is 0.452 e. The van der Waals surface area contributed by atoms with E-state index in [9.17, 15) is 14.4 Å². The summed E-state index contributed by atoms with van der Waals surface area (Å²) in [6.07, 6.45) is 3.16. The molecule has 3 amide bonds. The highest BCUT2D eigenvalue weighted by Gasteiger charge is 2.61. The van der Waals surface area contributed by atoms with Crippen LogP contribution >= 0.6 is 22.6 Å². The van der Waals surface area contributed by atoms with Crippen molar-refractivity contribution in [3.63, 3.8) is 0 Å². The minimum Gasteiger partial charge on any atom is -0.452 e. The predicted molar refractivity (Wildman–Crippen MR) is 123 cm³/mol. The van der Waals surface area contributed by atoms with Gasteiger partial charge in [-0.05, 0) is 39.8 Å². The van der Waals surface area contributed by atoms with Gasteiger partial charge in [0.1, 0.15) is 6.04 Å². The van der Waals surface area contributed by atoms with Crippen molar-refractivity contribution in [3.8, 4) is 0 Å². The topological polar surface area (TPSA) is 70.2 Å². The number of methoxy groups -OCH3 is 1. The summed E-state index contributed by atoms with van der Waals surface area (Å²) in [4.78, 5) is 39.8. The van der Waals surface area contributed by atoms with Crippen LogP contribution in [0.5, 0.6) is 0 Å². The van der Waals surface area contributed by atoms with Gasteiger partial charge in [0.25, 0.3) is 5.91 Å². The first kappa shape index (κ1) is 21.5. The lowest BCUT2D eigenvalue weighted by Gasteiger charge is -2.33. The van der Waals surface area contributed by atoms with Crippen molar-refractivity contribution in [1.29, 1.82) is 0 Å². The third-order valence-corrected chi connectivity index (χ3v) is 6.78. The molecule has 2 aliphatic rings. The standard InChI is InChI=1S/C23H22IN3O4/c1-25-21(28)19-18(13-12-15-8-4-3-5-9-15)26(14-16-10-6-7-11-17(16)24)27(23(30)31-2)20(19)22(25)29/h3-13,18-20H,14H2,1-2H3/b13-12+/t18-,19+,20-/m0/s1. The van der Waals surface area contributed by atoms with E-state index in [0.29, 0.717) is 6.54 Å². The van der Waals surface area contributed by atoms with Crippen LogP contribution in [0.4, 0.5) is 4.79 Å². The van der Waals surface area contributed by atoms with Gasteiger partial charge in [-0.2, -0.15) is 0 Å². The molecule has 8 heteroatoms. The van der Waals surface area contributed by atoms with Crippen molar-refractivity contribution in [2.24, 2.45) is 5.92 Å². The van der Waals surface area contributed by atoms with Gasteiger partial charge in [0.15, 0.2) is 0 Å². The SMILES string of the molecule is COC(=O)N1[C@@H]2C(=O)N(C)C(=O)[C@@H]2[C@H](/C=C/c2ccccc2)N1Cc1ccccc1I. The first-order chi connectivity index (χ1) is 14.9. The number of halogens is 1. The summed E-state index contributed by atoms with van der Waals surface area (Å²) < 4.78 is 6.04. The molecule has 0 spiro atoms. The van der Waals surface area contributed by atoms with Gasteiger partial charge in [0, 0.05) is 17.2 Å². The van der Waals surface area contributed by atoms with Crippen LogP contribution in [0, 0.1) is 9.49 Å². The minimum absolute atomic E-state index is 0.295. The average molecular weight is 531 g/mol. The molecule has 0 aromatic heterocycles. The molecule has 2 aromatic rings. The van der Waals surface area contributed by atoms with Crippen LogP contribution in [0.15, 0.2) is 60.7 Å². The molecule has 0 N–H and O–H groups in total. The lowest BCUT2D eigenvalue weighted by atomic mass is 9.94. The van der Waals surface area contributed by atoms with E-state index in [1.807, 2.05) is 66.7 Å². The number of rotatable bonds is 4. The highest BCUT2D eigenvalue weighted by molar-refractivity contribution is 14.1. The van der Waals surface area contributed by atoms with Gasteiger partial charge >= 0.3 is 6.09 Å². The number of hydrogen-bond donors (Lipinski definition) is 0. The number of likely N-dealkylation sites (N-methyl/N-ethyl adjacent to an activating group) is 1. The van der Waals surface area contributed by atoms with E-state index in [4.69, 9.17) is 4.74 Å². The van der Waals surface area contributed by atoms with Crippen molar-refractivity contribution < 1.29 is 19.1 Å². The molecule has 2 heterocycles. The number of carbonyl (C=O) groups excluding carboxylic acids is 3. The summed E-state index contributed by atoms with van der Waals surface area (Å²) in [7, 11) is 2.74. The van der Waals surface area contributed by atoms with Crippen molar-refractivity contribution in [3.05, 3.63) is 75.4 Å². The number of imide groups is 1. The number of likely N-dealkylation sites (tertiary alicyclic amines) is 1. The van der Waals surface area contributed by atoms with Crippen LogP contribution in [0.3, 0.4) is 0 Å². The van der Waals surface area contributed by atoms with Crippen molar-refractivity contribution in [2.75, 3.05) is 14.2 Å². The Labute approximate surface area is 194 Å². The molecule has 0 aliphatic carbocycles. The Morgan fingerprint density at radius 1 is 1.06 bits per heavy atom. The first-order valence-corrected chi connectivity index (χ1v) is 10.9. The molecule has 0 bridgehead atoms. The third-order valence-electron chi connectivity index (χ3n) is 5.73. The molecule has 2 saturated heterocycles. The molecule has 0 radical (unpaired) electrons. The van der Waals surface area contributed by atoms with E-state index in [2.05, 4.69) is 22.6 Å². The zero-order chi connectivity index (χ0) is 22.1. The van der Waals surface area contributed by atoms with Crippen LogP contribution in [-0.2, 0) is 20.9 Å². The van der Waals surface area contributed by atoms with E-state index in [1.54, 1.807) is 5.01 Å². The fourth-order valence-corrected chi connectivity index (χ4v) is 4.74. The normalized spacial score (nSPS) is 23.6. The van der Waals surface area contributed by atoms with Crippen molar-refractivity contribution in [1.82, 2.24) is 14.9 Å². The second kappa shape index (κ2) is 8.80. The lowest BCUT2D eigenvalue weighted by molar-refractivity contribution is -0.142. The zero-order valence-electron chi connectivity index (χ0n) is 17.1. The second-order valence-electron chi connectivity index (χ2n) is 7.47. The number of ether oxygens (including phenoxy) is 1. The Bertz CT molecular complexity index is 1040. The fraction of sp³-hybridized carbons (Fsp3) is 0.261. The quantitative estimate of drug-likeness (QED) is 0.448. The van der Waals surface area contributed by atoms with Crippen LogP contribution in [0.25, 0.3) is 6.08 Å². The molecular formula is C23H22IN3O4. The number of benzene rings is 2. The molecule has 2 aliphatic heterocycles. The van der Waals surface area contributed by atoms with Gasteiger partial charge in [0.2, 0.25) is 5.91 Å². The van der Waals surface area contributed by atoms with E-state index < -0.39 is 30.0 Å². The maximum Gasteiger partial charge on any atom is 0.424 e. The summed E-state index contributed by atoms with van der Waals surface area (Å²) >= 11 is 2.24. The highest BCUT2D eigenvalue weighted by atomic mass is 127. The maximum atomic E-state index is 13.0. The van der Waals surface area contributed by atoms with Gasteiger partial charge in [0.05, 0.1) is 19.1 Å². The Morgan fingerprint density at radius 3 is 2.42 bits per heavy atom. The third kappa shape index (κ3) is 3.85. The molecule has 4 rings (SSSR count). The Balaban J connectivity index is 1.79. The number of amides is 3. The van der Waals surface area contributed by atoms with Gasteiger partial charge in [-0.15, -0.1) is 0 Å². The van der Waals surface area contributed by atoms with Gasteiger partial charge in [-0.25, -0.2) is 14.8 Å². The molecular weight excluding hydrogens is 509 g/mol. The van der Waals surface area contributed by atoms with Crippen LogP contribution < -0.4 is 0 Å². The maximum absolute atomic E-state index is 13.0. The molecule has 3 atom stereocenters. The monoisotopic (exact) mass is 531 g/mol. The molecule has 7 nitrogen and oxygen atoms in total. The lowest BCUT2D eigenvalue weighted by Crippen LogP contribution is -2.50. The van der Waals surface area contributed by atoms with E-state index in [1.165, 1.54) is 19.2 Å². The van der Waals surface area contributed by atoms with Crippen LogP contribution in [-0.4, -0.2) is 59.1 Å². The Kier molecular flexibility index (Phi) is 6.10. The first-order valence-electron chi connectivity index (χ1n) is 9.86. The Hall–Kier alpha value is -2.72. The van der Waals surface area contributed by atoms with Crippen LogP contribution in [0.1, 0.15) is 11.1 Å². The summed E-state index contributed by atoms with van der Waals surface area (Å²) in [6.45, 7) is 0.356. The molecule has 31 heavy (non-hydrogen) atoms. The van der Waals surface area contributed by atoms with E-state index in [0.717, 1.165) is 19.6 Å². The fourth-order valence-electron chi connectivity index (χ4n) is 4.19. The zero-order valence-corrected chi connectivity index (χ0v) is 19.3. The van der Waals surface area contributed by atoms with Gasteiger partial charge in [-0.1, -0.05) is 60.7 Å². The summed E-state index contributed by atoms with van der Waals surface area (Å²) in [5.41, 5.74) is 1.96. The molecule has 2 aromatic carbocycles. The molecule has 0 unspecified atom stereocenters. The number of fused-ring (bicyclic) bond motifs is 1. The summed E-state index contributed by atoms with van der Waals surface area (Å²) in [6, 6.07) is 16.1. The predicted octanol–water partition coefficient (Wildman–Crippen LogP) is 3.16. The smallest absolute Gasteiger partial charge is 0.424 e. The van der Waals surface area contributed by atoms with Gasteiger partial charge < -0.3 is 4.74 Å². The highest BCUT2D eigenvalue weighted by Crippen LogP contribution is 2.40. The van der Waals surface area contributed by atoms with Gasteiger partial charge in [-0.3, -0.25) is 14.5 Å². The van der Waals surface area contributed by atoms with Crippen LogP contribution in [0.2, 0.25) is 0 Å². The summed E-state index contributed by atoms with van der Waals surface area (Å²) in [5.74, 6) is -1.39. The van der Waals surface area contributed by atoms with E-state index >= 15 is 0 Å². The number of carbonyl (C=O) groups is 3. The Morgan fingerprint density at radius 2 is 1.74 bits per heavy atom. The van der Waals surface area contributed by atoms with E-state index in [-0.39, 0.29) is 5.91 Å². The molecule has 0 saturated carbocycles. The minimum atomic E-state index is -0.920. The van der Waals surface area contributed by atoms with Crippen molar-refractivity contribution in [2.45, 2.75) is 18.6 Å². The number of hydrazine groups is 1. The molecule has 160 valence electrons. The van der Waals surface area contributed by atoms with Crippen molar-refractivity contribution >= 4 is 46.6 Å². The molecule has 2 fully saturated rings. The number of nitrogens with zero attached hydrogens (tertiary/aromatic N) is 3. The summed E-state index contributed by atoms with van der Waals surface area (Å²) in [5, 5.41) is 3.10. The number of hydrogen-bond acceptors (Lipinski definition) is 5. The second-order valence-corrected chi connectivity index (χ2v) is 8.63. The average Bonchev–Trinajstić information content (AvgIpc) is 3.21.